The van der Waals surface area contributed by atoms with Gasteiger partial charge < -0.3 is 40.8 Å². The van der Waals surface area contributed by atoms with Gasteiger partial charge in [-0.1, -0.05) is 17.2 Å². The number of carboxylic acid groups (broad SMARTS) is 1. The summed E-state index contributed by atoms with van der Waals surface area (Å²) in [4.78, 5) is 101. The molecule has 0 aromatic heterocycles. The first-order valence-corrected chi connectivity index (χ1v) is 20.8. The van der Waals surface area contributed by atoms with Crippen LogP contribution >= 0.6 is 0 Å². The summed E-state index contributed by atoms with van der Waals surface area (Å²) < 4.78 is 20.1. The molecule has 1 saturated heterocycles. The number of aryl methyl sites for hydroxylation is 8. The van der Waals surface area contributed by atoms with Crippen LogP contribution in [0.25, 0.3) is 0 Å². The Morgan fingerprint density at radius 1 is 0.577 bits per heavy atom. The van der Waals surface area contributed by atoms with Gasteiger partial charge in [-0.25, -0.2) is 4.79 Å². The number of carbonyl (C=O) groups is 9. The summed E-state index contributed by atoms with van der Waals surface area (Å²) in [5.74, 6) is -1.21. The first kappa shape index (κ1) is 68.6. The molecule has 0 bridgehead atoms. The Kier molecular flexibility index (Phi) is 33.4. The third kappa shape index (κ3) is 25.1. The van der Waals surface area contributed by atoms with E-state index >= 15 is 0 Å². The van der Waals surface area contributed by atoms with Gasteiger partial charge in [-0.15, -0.1) is 0 Å². The molecule has 0 atom stereocenters. The number of phenolic OH excluding ortho intramolecular Hbond substituents is 1. The zero-order valence-corrected chi connectivity index (χ0v) is 44.6. The average Bonchev–Trinajstić information content (AvgIpc) is 3.58. The molecule has 1 fully saturated rings. The zero-order valence-electron chi connectivity index (χ0n) is 43.6. The van der Waals surface area contributed by atoms with Crippen molar-refractivity contribution in [2.45, 2.75) is 109 Å². The summed E-state index contributed by atoms with van der Waals surface area (Å²) in [6.07, 6.45) is 0.444. The van der Waals surface area contributed by atoms with E-state index < -0.39 is 29.9 Å². The first-order valence-electron chi connectivity index (χ1n) is 20.8. The number of aliphatic carboxylic acids is 1. The number of ether oxygens (including phenoxy) is 4. The molecule has 2 amide bonds. The van der Waals surface area contributed by atoms with Crippen molar-refractivity contribution in [3.8, 4) is 23.0 Å². The van der Waals surface area contributed by atoms with Gasteiger partial charge in [-0.3, -0.25) is 43.2 Å². The minimum atomic E-state index is -1.14. The Hall–Kier alpha value is -6.71. The van der Waals surface area contributed by atoms with Crippen LogP contribution in [-0.2, 0) is 51.6 Å². The van der Waals surface area contributed by atoms with Gasteiger partial charge in [0, 0.05) is 67.2 Å². The van der Waals surface area contributed by atoms with E-state index in [1.807, 2.05) is 26.0 Å². The number of hydrogen-bond acceptors (Lipinski definition) is 17. The number of rotatable bonds is 9. The maximum absolute atomic E-state index is 11.6. The largest absolute Gasteiger partial charge is 1.00 e. The number of aliphatic hydroxyl groups is 2. The van der Waals surface area contributed by atoms with Crippen molar-refractivity contribution < 1.29 is 118 Å². The number of hydrogen-bond donors (Lipinski definition) is 4. The number of esters is 3. The van der Waals surface area contributed by atoms with Gasteiger partial charge in [0.15, 0.2) is 0 Å². The van der Waals surface area contributed by atoms with Gasteiger partial charge in [0.2, 0.25) is 0 Å². The molecule has 3 radical (unpaired) electrons. The number of amides is 2. The van der Waals surface area contributed by atoms with Gasteiger partial charge >= 0.3 is 53.6 Å². The number of aliphatic hydroxyl groups excluding tert-OH is 2. The molecule has 1 aliphatic heterocycles. The minimum Gasteiger partial charge on any atom is -1.00 e. The second kappa shape index (κ2) is 34.6. The van der Waals surface area contributed by atoms with Crippen molar-refractivity contribution in [2.24, 2.45) is 0 Å². The molecular weight excluding hydrogens is 936 g/mol. The fourth-order valence-corrected chi connectivity index (χ4v) is 6.18. The van der Waals surface area contributed by atoms with Crippen LogP contribution in [0.2, 0.25) is 0 Å². The quantitative estimate of drug-likeness (QED) is 0.0607. The van der Waals surface area contributed by atoms with Crippen molar-refractivity contribution in [1.29, 1.82) is 0 Å². The predicted octanol–water partition coefficient (Wildman–Crippen LogP) is 3.96. The van der Waals surface area contributed by atoms with Crippen molar-refractivity contribution in [3.63, 3.8) is 0 Å². The summed E-state index contributed by atoms with van der Waals surface area (Å²) in [5, 5.41) is 33.1. The van der Waals surface area contributed by atoms with Crippen molar-refractivity contribution >= 4 is 62.8 Å². The van der Waals surface area contributed by atoms with Gasteiger partial charge in [0.05, 0.1) is 6.61 Å². The molecule has 0 aliphatic carbocycles. The number of aldehydes is 2. The summed E-state index contributed by atoms with van der Waals surface area (Å²) in [5.41, 5.74) is 8.91. The molecule has 19 nitrogen and oxygen atoms in total. The third-order valence-corrected chi connectivity index (χ3v) is 8.76. The first-order chi connectivity index (χ1) is 32.2. The maximum atomic E-state index is 11.6. The van der Waals surface area contributed by atoms with Crippen LogP contribution in [0.5, 0.6) is 23.0 Å². The number of phenols is 1. The number of aromatic hydroxyl groups is 1. The fourth-order valence-electron chi connectivity index (χ4n) is 6.18. The molecule has 5 rings (SSSR count). The molecule has 0 saturated carbocycles. The number of carboxylic acids is 1. The van der Waals surface area contributed by atoms with E-state index in [0.29, 0.717) is 50.1 Å². The van der Waals surface area contributed by atoms with E-state index in [4.69, 9.17) is 39.1 Å². The Morgan fingerprint density at radius 2 is 0.859 bits per heavy atom. The Morgan fingerprint density at radius 3 is 1.14 bits per heavy atom. The normalized spacial score (nSPS) is 10.5. The van der Waals surface area contributed by atoms with Gasteiger partial charge in [0.1, 0.15) is 42.2 Å². The zero-order chi connectivity index (χ0) is 53.3. The predicted molar refractivity (Wildman–Crippen MR) is 257 cm³/mol. The molecule has 71 heavy (non-hydrogen) atoms. The number of imide groups is 1. The smallest absolute Gasteiger partial charge is 1.00 e. The molecular formula is C50H62BNNaO18. The van der Waals surface area contributed by atoms with Crippen LogP contribution in [0.4, 0.5) is 4.79 Å². The molecule has 4 aromatic carbocycles. The van der Waals surface area contributed by atoms with Gasteiger partial charge in [-0.2, -0.15) is 0 Å². The van der Waals surface area contributed by atoms with Crippen LogP contribution in [-0.4, -0.2) is 95.4 Å². The number of hydroxylamine groups is 2. The molecule has 4 aromatic rings. The fraction of sp³-hybridized carbons (Fsp3) is 0.340. The van der Waals surface area contributed by atoms with Crippen LogP contribution in [0, 0.1) is 55.4 Å². The minimum absolute atomic E-state index is 0. The molecule has 0 unspecified atom stereocenters. The second-order valence-electron chi connectivity index (χ2n) is 15.0. The Balaban J connectivity index is -0.000000422. The van der Waals surface area contributed by atoms with E-state index in [1.165, 1.54) is 20.8 Å². The Labute approximate surface area is 438 Å². The van der Waals surface area contributed by atoms with Crippen LogP contribution < -0.4 is 43.8 Å². The molecule has 1 heterocycles. The van der Waals surface area contributed by atoms with Gasteiger partial charge in [-0.05, 0) is 147 Å². The number of benzene rings is 4. The third-order valence-electron chi connectivity index (χ3n) is 8.76. The molecule has 4 N–H and O–H groups in total. The van der Waals surface area contributed by atoms with Crippen LogP contribution in [0.3, 0.4) is 0 Å². The topological polar surface area (TPSA) is 284 Å². The molecule has 1 aliphatic rings. The maximum Gasteiger partial charge on any atom is 1.00 e. The summed E-state index contributed by atoms with van der Waals surface area (Å²) in [7, 11) is 1.00. The van der Waals surface area contributed by atoms with Crippen LogP contribution in [0.15, 0.2) is 48.5 Å². The van der Waals surface area contributed by atoms with E-state index in [9.17, 15) is 43.5 Å². The SMILES string of the molecule is CC(=O)O.CC(=O)Oc1c(C)cc(C=O)cc1C.CC(=O)Oc1c(C)cc(CO)cc1C.CC(=O)Oc1c(C)cc(COC(=O)ON2C(=O)CCC2=O)cc1C.CO.Cc1cc(C=O)cc(C)c1O.[B].[H-].[Na+]. The van der Waals surface area contributed by atoms with E-state index in [2.05, 4.69) is 4.84 Å². The van der Waals surface area contributed by atoms with Crippen molar-refractivity contribution in [3.05, 3.63) is 115 Å². The second-order valence-corrected chi connectivity index (χ2v) is 15.0. The standard InChI is InChI=1S/C16H17NO7.C11H14O3.C11H12O3.C9H10O2.C2H4O2.CH4O.B.Na.H/c1-9-6-12(7-10(2)15(9)23-11(3)18)8-22-16(21)24-17-13(19)4-5-14(17)20;2*1-7-4-10(6-12)5-8(2)11(7)14-9(3)13;1-6-3-8(5-10)4-7(2)9(6)11;1-2(3)4;1-2;;;/h6-7H,4-5,8H2,1-3H3;4-5,12H,6H2,1-3H3;4-6H,1-3H3;3-5,11H,1-2H3;1H3,(H,3,4);2H,1H3;;;/q;;;;;;;+1;-1. The summed E-state index contributed by atoms with van der Waals surface area (Å²) in [6, 6.07) is 13.7. The average molecular weight is 999 g/mol. The van der Waals surface area contributed by atoms with Crippen molar-refractivity contribution in [2.75, 3.05) is 7.11 Å². The van der Waals surface area contributed by atoms with E-state index in [0.717, 1.165) is 65.6 Å². The number of nitrogens with zero attached hydrogens (tertiary/aromatic N) is 1. The number of carbonyl (C=O) groups excluding carboxylic acids is 8. The molecule has 379 valence electrons. The van der Waals surface area contributed by atoms with Gasteiger partial charge in [0.25, 0.3) is 17.8 Å². The summed E-state index contributed by atoms with van der Waals surface area (Å²) in [6.45, 7) is 19.4. The molecule has 0 spiro atoms. The van der Waals surface area contributed by atoms with E-state index in [1.54, 1.807) is 77.9 Å². The van der Waals surface area contributed by atoms with E-state index in [-0.39, 0.29) is 83.1 Å². The van der Waals surface area contributed by atoms with Crippen molar-refractivity contribution in [1.82, 2.24) is 5.06 Å². The van der Waals surface area contributed by atoms with Crippen LogP contribution in [0.1, 0.15) is 118 Å². The monoisotopic (exact) mass is 998 g/mol. The molecule has 21 heteroatoms. The summed E-state index contributed by atoms with van der Waals surface area (Å²) >= 11 is 0. The Bertz CT molecular complexity index is 2400.